The number of aliphatic imine (C=N–C) groups is 1. The molecule has 1 rings (SSSR count). The molecule has 0 amide bonds. The molecule has 0 unspecified atom stereocenters. The van der Waals surface area contributed by atoms with Gasteiger partial charge in [0.05, 0.1) is 13.2 Å². The Morgan fingerprint density at radius 2 is 2.00 bits per heavy atom. The van der Waals surface area contributed by atoms with Crippen molar-refractivity contribution in [3.63, 3.8) is 0 Å². The largest absolute Gasteiger partial charge is 0.494 e. The second-order valence-electron chi connectivity index (χ2n) is 5.73. The standard InChI is InChI=1S/C18H31N3O2.HI/c1-5-23-17-8-6-7-16(13-17)14-21-18(19-4)20-10-12-22-11-9-15(2)3;/h6-8,13,15H,5,9-12,14H2,1-4H3,(H2,19,20,21);1H. The van der Waals surface area contributed by atoms with Gasteiger partial charge in [-0.1, -0.05) is 26.0 Å². The van der Waals surface area contributed by atoms with E-state index in [9.17, 15) is 0 Å². The predicted molar refractivity (Wildman–Crippen MR) is 112 cm³/mol. The van der Waals surface area contributed by atoms with Gasteiger partial charge < -0.3 is 20.1 Å². The van der Waals surface area contributed by atoms with E-state index in [1.165, 1.54) is 0 Å². The minimum Gasteiger partial charge on any atom is -0.494 e. The number of guanidine groups is 1. The van der Waals surface area contributed by atoms with Crippen LogP contribution in [-0.4, -0.2) is 39.4 Å². The maximum absolute atomic E-state index is 5.58. The first-order chi connectivity index (χ1) is 11.2. The fourth-order valence-electron chi connectivity index (χ4n) is 1.98. The Hall–Kier alpha value is -1.02. The highest BCUT2D eigenvalue weighted by Crippen LogP contribution is 2.12. The van der Waals surface area contributed by atoms with Gasteiger partial charge in [-0.25, -0.2) is 0 Å². The molecule has 24 heavy (non-hydrogen) atoms. The third kappa shape index (κ3) is 10.7. The van der Waals surface area contributed by atoms with E-state index in [1.807, 2.05) is 25.1 Å². The lowest BCUT2D eigenvalue weighted by atomic mass is 10.1. The molecule has 0 radical (unpaired) electrons. The van der Waals surface area contributed by atoms with Crippen molar-refractivity contribution in [3.8, 4) is 5.75 Å². The molecule has 138 valence electrons. The maximum Gasteiger partial charge on any atom is 0.191 e. The molecule has 0 aliphatic rings. The Morgan fingerprint density at radius 1 is 1.21 bits per heavy atom. The third-order valence-electron chi connectivity index (χ3n) is 3.27. The van der Waals surface area contributed by atoms with Gasteiger partial charge in [0.15, 0.2) is 5.96 Å². The number of nitrogens with one attached hydrogen (secondary N) is 2. The van der Waals surface area contributed by atoms with Gasteiger partial charge in [-0.2, -0.15) is 0 Å². The molecular weight excluding hydrogens is 417 g/mol. The number of ether oxygens (including phenoxy) is 2. The molecule has 0 atom stereocenters. The van der Waals surface area contributed by atoms with Crippen LogP contribution in [0.5, 0.6) is 5.75 Å². The Labute approximate surface area is 163 Å². The highest BCUT2D eigenvalue weighted by Gasteiger charge is 2.00. The van der Waals surface area contributed by atoms with E-state index in [2.05, 4.69) is 35.5 Å². The molecule has 0 saturated heterocycles. The second-order valence-corrected chi connectivity index (χ2v) is 5.73. The molecule has 6 heteroatoms. The van der Waals surface area contributed by atoms with E-state index < -0.39 is 0 Å². The van der Waals surface area contributed by atoms with E-state index in [-0.39, 0.29) is 24.0 Å². The van der Waals surface area contributed by atoms with Gasteiger partial charge in [-0.3, -0.25) is 4.99 Å². The lowest BCUT2D eigenvalue weighted by Crippen LogP contribution is -2.38. The highest BCUT2D eigenvalue weighted by atomic mass is 127. The van der Waals surface area contributed by atoms with Crippen molar-refractivity contribution >= 4 is 29.9 Å². The van der Waals surface area contributed by atoms with Crippen molar-refractivity contribution in [2.45, 2.75) is 33.7 Å². The van der Waals surface area contributed by atoms with Crippen LogP contribution in [0.2, 0.25) is 0 Å². The lowest BCUT2D eigenvalue weighted by Gasteiger charge is -2.13. The van der Waals surface area contributed by atoms with E-state index >= 15 is 0 Å². The molecule has 1 aromatic carbocycles. The van der Waals surface area contributed by atoms with Crippen LogP contribution in [0.25, 0.3) is 0 Å². The van der Waals surface area contributed by atoms with Crippen LogP contribution < -0.4 is 15.4 Å². The first kappa shape index (κ1) is 23.0. The van der Waals surface area contributed by atoms with E-state index in [1.54, 1.807) is 7.05 Å². The molecule has 5 nitrogen and oxygen atoms in total. The van der Waals surface area contributed by atoms with Crippen LogP contribution in [0, 0.1) is 5.92 Å². The summed E-state index contributed by atoms with van der Waals surface area (Å²) in [6.45, 7) is 10.0. The van der Waals surface area contributed by atoms with E-state index in [0.717, 1.165) is 36.8 Å². The molecule has 0 saturated carbocycles. The van der Waals surface area contributed by atoms with Gasteiger partial charge in [0.25, 0.3) is 0 Å². The molecule has 0 bridgehead atoms. The number of halogens is 1. The van der Waals surface area contributed by atoms with Gasteiger partial charge in [0.1, 0.15) is 5.75 Å². The van der Waals surface area contributed by atoms with Crippen molar-refractivity contribution in [3.05, 3.63) is 29.8 Å². The summed E-state index contributed by atoms with van der Waals surface area (Å²) in [6, 6.07) is 8.08. The van der Waals surface area contributed by atoms with Crippen molar-refractivity contribution in [1.29, 1.82) is 0 Å². The fourth-order valence-corrected chi connectivity index (χ4v) is 1.98. The van der Waals surface area contributed by atoms with Crippen LogP contribution in [0.15, 0.2) is 29.3 Å². The summed E-state index contributed by atoms with van der Waals surface area (Å²) < 4.78 is 11.1. The predicted octanol–water partition coefficient (Wildman–Crippen LogP) is 3.43. The number of rotatable bonds is 10. The van der Waals surface area contributed by atoms with Crippen LogP contribution >= 0.6 is 24.0 Å². The first-order valence-corrected chi connectivity index (χ1v) is 8.39. The molecule has 0 aliphatic heterocycles. The average molecular weight is 449 g/mol. The van der Waals surface area contributed by atoms with Crippen LogP contribution in [0.4, 0.5) is 0 Å². The van der Waals surface area contributed by atoms with Crippen LogP contribution in [-0.2, 0) is 11.3 Å². The number of benzene rings is 1. The summed E-state index contributed by atoms with van der Waals surface area (Å²) in [5, 5.41) is 6.54. The minimum absolute atomic E-state index is 0. The van der Waals surface area contributed by atoms with Crippen LogP contribution in [0.1, 0.15) is 32.8 Å². The van der Waals surface area contributed by atoms with Crippen molar-refractivity contribution in [1.82, 2.24) is 10.6 Å². The van der Waals surface area contributed by atoms with Crippen molar-refractivity contribution < 1.29 is 9.47 Å². The molecule has 0 aromatic heterocycles. The lowest BCUT2D eigenvalue weighted by molar-refractivity contribution is 0.128. The van der Waals surface area contributed by atoms with E-state index in [4.69, 9.17) is 9.47 Å². The number of nitrogens with zero attached hydrogens (tertiary/aromatic N) is 1. The average Bonchev–Trinajstić information content (AvgIpc) is 2.54. The Balaban J connectivity index is 0.00000529. The second kappa shape index (κ2) is 14.3. The quantitative estimate of drug-likeness (QED) is 0.249. The minimum atomic E-state index is 0. The summed E-state index contributed by atoms with van der Waals surface area (Å²) >= 11 is 0. The zero-order valence-electron chi connectivity index (χ0n) is 15.3. The first-order valence-electron chi connectivity index (χ1n) is 8.39. The van der Waals surface area contributed by atoms with Gasteiger partial charge >= 0.3 is 0 Å². The Morgan fingerprint density at radius 3 is 2.67 bits per heavy atom. The summed E-state index contributed by atoms with van der Waals surface area (Å²) in [4.78, 5) is 4.22. The van der Waals surface area contributed by atoms with Gasteiger partial charge in [-0.15, -0.1) is 24.0 Å². The van der Waals surface area contributed by atoms with Gasteiger partial charge in [-0.05, 0) is 37.0 Å². The zero-order valence-corrected chi connectivity index (χ0v) is 17.6. The molecule has 0 spiro atoms. The van der Waals surface area contributed by atoms with Crippen molar-refractivity contribution in [2.24, 2.45) is 10.9 Å². The summed E-state index contributed by atoms with van der Waals surface area (Å²) in [5.74, 6) is 2.36. The molecular formula is C18H32IN3O2. The topological polar surface area (TPSA) is 54.9 Å². The molecule has 1 aromatic rings. The molecule has 0 aliphatic carbocycles. The van der Waals surface area contributed by atoms with Gasteiger partial charge in [0.2, 0.25) is 0 Å². The number of hydrogen-bond donors (Lipinski definition) is 2. The Kier molecular flexibility index (Phi) is 13.7. The van der Waals surface area contributed by atoms with Crippen LogP contribution in [0.3, 0.4) is 0 Å². The van der Waals surface area contributed by atoms with Crippen molar-refractivity contribution in [2.75, 3.05) is 33.4 Å². The SMILES string of the molecule is CCOc1cccc(CNC(=NC)NCCOCCC(C)C)c1.I. The smallest absolute Gasteiger partial charge is 0.191 e. The summed E-state index contributed by atoms with van der Waals surface area (Å²) in [5.41, 5.74) is 1.16. The summed E-state index contributed by atoms with van der Waals surface area (Å²) in [7, 11) is 1.77. The molecule has 0 heterocycles. The fraction of sp³-hybridized carbons (Fsp3) is 0.611. The monoisotopic (exact) mass is 449 g/mol. The van der Waals surface area contributed by atoms with E-state index in [0.29, 0.717) is 25.7 Å². The Bertz CT molecular complexity index is 467. The highest BCUT2D eigenvalue weighted by molar-refractivity contribution is 14.0. The molecule has 0 fully saturated rings. The zero-order chi connectivity index (χ0) is 16.9. The third-order valence-corrected chi connectivity index (χ3v) is 3.27. The normalized spacial score (nSPS) is 11.1. The number of hydrogen-bond acceptors (Lipinski definition) is 3. The summed E-state index contributed by atoms with van der Waals surface area (Å²) in [6.07, 6.45) is 1.10. The van der Waals surface area contributed by atoms with Gasteiger partial charge in [0, 0.05) is 26.7 Å². The molecule has 2 N–H and O–H groups in total. The maximum atomic E-state index is 5.58.